The molecule has 1 nitrogen and oxygen atoms in total. The summed E-state index contributed by atoms with van der Waals surface area (Å²) in [5, 5.41) is 0. The second-order valence-corrected chi connectivity index (χ2v) is 5.72. The van der Waals surface area contributed by atoms with Gasteiger partial charge in [-0.25, -0.2) is 0 Å². The lowest BCUT2D eigenvalue weighted by Crippen LogP contribution is -2.35. The SMILES string of the molecule is I[C@@H]1CCCN(Cc2ccccc2)C1. The number of hydrogen-bond acceptors (Lipinski definition) is 1. The molecule has 2 rings (SSSR count). The zero-order valence-corrected chi connectivity index (χ0v) is 10.5. The van der Waals surface area contributed by atoms with E-state index in [0.717, 1.165) is 10.5 Å². The summed E-state index contributed by atoms with van der Waals surface area (Å²) in [6.07, 6.45) is 2.76. The lowest BCUT2D eigenvalue weighted by molar-refractivity contribution is 0.230. The first-order valence-corrected chi connectivity index (χ1v) is 6.49. The first kappa shape index (κ1) is 10.4. The summed E-state index contributed by atoms with van der Waals surface area (Å²) in [5.74, 6) is 0. The molecule has 1 fully saturated rings. The van der Waals surface area contributed by atoms with Crippen molar-refractivity contribution in [3.8, 4) is 0 Å². The zero-order chi connectivity index (χ0) is 9.80. The summed E-state index contributed by atoms with van der Waals surface area (Å²) >= 11 is 2.57. The van der Waals surface area contributed by atoms with Crippen molar-refractivity contribution >= 4 is 22.6 Å². The van der Waals surface area contributed by atoms with Crippen molar-refractivity contribution in [1.29, 1.82) is 0 Å². The standard InChI is InChI=1S/C12H16IN/c13-12-7-4-8-14(10-12)9-11-5-2-1-3-6-11/h1-3,5-6,12H,4,7-10H2/t12-/m1/s1. The average Bonchev–Trinajstić information content (AvgIpc) is 2.19. The predicted octanol–water partition coefficient (Wildman–Crippen LogP) is 3.09. The van der Waals surface area contributed by atoms with E-state index in [4.69, 9.17) is 0 Å². The van der Waals surface area contributed by atoms with Crippen LogP contribution in [0.4, 0.5) is 0 Å². The first-order valence-electron chi connectivity index (χ1n) is 5.25. The second kappa shape index (κ2) is 5.12. The molecule has 0 N–H and O–H groups in total. The van der Waals surface area contributed by atoms with Gasteiger partial charge in [0.05, 0.1) is 0 Å². The van der Waals surface area contributed by atoms with Gasteiger partial charge in [0.1, 0.15) is 0 Å². The molecule has 1 saturated heterocycles. The molecule has 1 aromatic rings. The molecular formula is C12H16IN. The van der Waals surface area contributed by atoms with Gasteiger partial charge < -0.3 is 0 Å². The van der Waals surface area contributed by atoms with Gasteiger partial charge in [-0.05, 0) is 24.9 Å². The average molecular weight is 301 g/mol. The number of hydrogen-bond donors (Lipinski definition) is 0. The van der Waals surface area contributed by atoms with Crippen LogP contribution >= 0.6 is 22.6 Å². The molecule has 0 aromatic heterocycles. The van der Waals surface area contributed by atoms with Gasteiger partial charge in [-0.1, -0.05) is 52.9 Å². The van der Waals surface area contributed by atoms with E-state index in [2.05, 4.69) is 57.8 Å². The number of halogens is 1. The van der Waals surface area contributed by atoms with Gasteiger partial charge in [-0.15, -0.1) is 0 Å². The number of benzene rings is 1. The number of rotatable bonds is 2. The highest BCUT2D eigenvalue weighted by Gasteiger charge is 2.16. The van der Waals surface area contributed by atoms with Crippen LogP contribution in [0.5, 0.6) is 0 Å². The molecule has 1 aliphatic heterocycles. The summed E-state index contributed by atoms with van der Waals surface area (Å²) in [7, 11) is 0. The fourth-order valence-electron chi connectivity index (χ4n) is 1.98. The minimum Gasteiger partial charge on any atom is -0.298 e. The largest absolute Gasteiger partial charge is 0.298 e. The van der Waals surface area contributed by atoms with Crippen LogP contribution in [-0.4, -0.2) is 21.9 Å². The third-order valence-corrected chi connectivity index (χ3v) is 3.71. The maximum absolute atomic E-state index is 2.57. The summed E-state index contributed by atoms with van der Waals surface area (Å²) in [6.45, 7) is 3.66. The molecule has 0 bridgehead atoms. The first-order chi connectivity index (χ1) is 6.84. The highest BCUT2D eigenvalue weighted by Crippen LogP contribution is 2.18. The Morgan fingerprint density at radius 2 is 2.07 bits per heavy atom. The van der Waals surface area contributed by atoms with Crippen LogP contribution in [-0.2, 0) is 6.54 Å². The molecule has 0 amide bonds. The smallest absolute Gasteiger partial charge is 0.0238 e. The fourth-order valence-corrected chi connectivity index (χ4v) is 2.98. The second-order valence-electron chi connectivity index (χ2n) is 3.96. The van der Waals surface area contributed by atoms with Gasteiger partial charge in [0.25, 0.3) is 0 Å². The van der Waals surface area contributed by atoms with Gasteiger partial charge in [0.15, 0.2) is 0 Å². The lowest BCUT2D eigenvalue weighted by Gasteiger charge is -2.29. The van der Waals surface area contributed by atoms with Gasteiger partial charge >= 0.3 is 0 Å². The third kappa shape index (κ3) is 2.95. The molecule has 1 heterocycles. The van der Waals surface area contributed by atoms with Crippen molar-refractivity contribution in [2.75, 3.05) is 13.1 Å². The van der Waals surface area contributed by atoms with Crippen molar-refractivity contribution in [2.24, 2.45) is 0 Å². The molecular weight excluding hydrogens is 285 g/mol. The van der Waals surface area contributed by atoms with Crippen LogP contribution in [0.3, 0.4) is 0 Å². The Kier molecular flexibility index (Phi) is 3.81. The molecule has 0 aliphatic carbocycles. The summed E-state index contributed by atoms with van der Waals surface area (Å²) in [4.78, 5) is 2.57. The van der Waals surface area contributed by atoms with E-state index >= 15 is 0 Å². The molecule has 1 aromatic carbocycles. The van der Waals surface area contributed by atoms with E-state index < -0.39 is 0 Å². The van der Waals surface area contributed by atoms with Crippen molar-refractivity contribution in [3.05, 3.63) is 35.9 Å². The number of likely N-dealkylation sites (tertiary alicyclic amines) is 1. The van der Waals surface area contributed by atoms with Crippen LogP contribution in [0.2, 0.25) is 0 Å². The predicted molar refractivity (Wildman–Crippen MR) is 68.8 cm³/mol. The van der Waals surface area contributed by atoms with Crippen LogP contribution in [0.25, 0.3) is 0 Å². The van der Waals surface area contributed by atoms with E-state index in [1.807, 2.05) is 0 Å². The Labute approximate surface area is 99.6 Å². The zero-order valence-electron chi connectivity index (χ0n) is 8.32. The molecule has 76 valence electrons. The Morgan fingerprint density at radius 3 is 2.79 bits per heavy atom. The van der Waals surface area contributed by atoms with Gasteiger partial charge in [0.2, 0.25) is 0 Å². The minimum absolute atomic E-state index is 0.852. The monoisotopic (exact) mass is 301 g/mol. The van der Waals surface area contributed by atoms with Crippen LogP contribution in [0, 0.1) is 0 Å². The van der Waals surface area contributed by atoms with Gasteiger partial charge in [-0.3, -0.25) is 4.90 Å². The molecule has 0 saturated carbocycles. The van der Waals surface area contributed by atoms with Crippen molar-refractivity contribution in [3.63, 3.8) is 0 Å². The van der Waals surface area contributed by atoms with E-state index in [1.54, 1.807) is 0 Å². The van der Waals surface area contributed by atoms with E-state index in [1.165, 1.54) is 31.5 Å². The topological polar surface area (TPSA) is 3.24 Å². The number of alkyl halides is 1. The molecule has 0 unspecified atom stereocenters. The van der Waals surface area contributed by atoms with E-state index in [-0.39, 0.29) is 0 Å². The molecule has 14 heavy (non-hydrogen) atoms. The number of nitrogens with zero attached hydrogens (tertiary/aromatic N) is 1. The Hall–Kier alpha value is -0.0900. The summed E-state index contributed by atoms with van der Waals surface area (Å²) in [5.41, 5.74) is 1.44. The fraction of sp³-hybridized carbons (Fsp3) is 0.500. The van der Waals surface area contributed by atoms with Crippen molar-refractivity contribution in [2.45, 2.75) is 23.3 Å². The van der Waals surface area contributed by atoms with Gasteiger partial charge in [0, 0.05) is 17.0 Å². The highest BCUT2D eigenvalue weighted by molar-refractivity contribution is 14.1. The maximum Gasteiger partial charge on any atom is 0.0238 e. The Morgan fingerprint density at radius 1 is 1.29 bits per heavy atom. The Bertz CT molecular complexity index is 273. The minimum atomic E-state index is 0.852. The molecule has 0 spiro atoms. The van der Waals surface area contributed by atoms with Crippen LogP contribution in [0.1, 0.15) is 18.4 Å². The van der Waals surface area contributed by atoms with Crippen LogP contribution in [0.15, 0.2) is 30.3 Å². The highest BCUT2D eigenvalue weighted by atomic mass is 127. The van der Waals surface area contributed by atoms with E-state index in [9.17, 15) is 0 Å². The molecule has 1 atom stereocenters. The quantitative estimate of drug-likeness (QED) is 0.599. The van der Waals surface area contributed by atoms with Gasteiger partial charge in [-0.2, -0.15) is 0 Å². The normalized spacial score (nSPS) is 23.6. The maximum atomic E-state index is 2.57. The molecule has 0 radical (unpaired) electrons. The molecule has 2 heteroatoms. The van der Waals surface area contributed by atoms with Crippen LogP contribution < -0.4 is 0 Å². The Balaban J connectivity index is 1.91. The lowest BCUT2D eigenvalue weighted by atomic mass is 10.1. The third-order valence-electron chi connectivity index (χ3n) is 2.70. The summed E-state index contributed by atoms with van der Waals surface area (Å²) in [6, 6.07) is 10.8. The molecule has 1 aliphatic rings. The van der Waals surface area contributed by atoms with E-state index in [0.29, 0.717) is 0 Å². The van der Waals surface area contributed by atoms with Crippen molar-refractivity contribution in [1.82, 2.24) is 4.90 Å². The number of piperidine rings is 1. The van der Waals surface area contributed by atoms with Crippen molar-refractivity contribution < 1.29 is 0 Å². The summed E-state index contributed by atoms with van der Waals surface area (Å²) < 4.78 is 0.852.